The van der Waals surface area contributed by atoms with Crippen LogP contribution in [0.25, 0.3) is 0 Å². The van der Waals surface area contributed by atoms with Crippen molar-refractivity contribution in [1.29, 1.82) is 0 Å². The van der Waals surface area contributed by atoms with E-state index in [-0.39, 0.29) is 11.2 Å². The van der Waals surface area contributed by atoms with E-state index in [4.69, 9.17) is 9.47 Å². The molecule has 2 nitrogen and oxygen atoms in total. The van der Waals surface area contributed by atoms with Crippen LogP contribution in [0.15, 0.2) is 0 Å². The maximum absolute atomic E-state index is 5.44. The van der Waals surface area contributed by atoms with Gasteiger partial charge in [-0.1, -0.05) is 0 Å². The van der Waals surface area contributed by atoms with Crippen LogP contribution >= 0.6 is 0 Å². The highest BCUT2D eigenvalue weighted by molar-refractivity contribution is 5.39. The van der Waals surface area contributed by atoms with E-state index in [1.807, 2.05) is 0 Å². The Morgan fingerprint density at radius 3 is 1.75 bits per heavy atom. The molecule has 2 heteroatoms. The van der Waals surface area contributed by atoms with Gasteiger partial charge in [-0.2, -0.15) is 0 Å². The van der Waals surface area contributed by atoms with Crippen molar-refractivity contribution < 1.29 is 9.47 Å². The topological polar surface area (TPSA) is 25.1 Å². The fraction of sp³-hybridized carbons (Fsp3) is 1.00. The maximum atomic E-state index is 5.44. The van der Waals surface area contributed by atoms with Crippen LogP contribution in [-0.2, 0) is 9.47 Å². The average molecular weight is 112 g/mol. The molecule has 0 bridgehead atoms. The molecular weight excluding hydrogens is 104 g/mol. The summed E-state index contributed by atoms with van der Waals surface area (Å²) < 4.78 is 10.7. The molecule has 2 heterocycles. The van der Waals surface area contributed by atoms with Crippen molar-refractivity contribution in [2.24, 2.45) is 0 Å². The lowest BCUT2D eigenvalue weighted by atomic mass is 9.77. The zero-order valence-electron chi connectivity index (χ0n) is 4.97. The van der Waals surface area contributed by atoms with Gasteiger partial charge in [0.15, 0.2) is 0 Å². The quantitative estimate of drug-likeness (QED) is 0.421. The van der Waals surface area contributed by atoms with E-state index in [1.165, 1.54) is 0 Å². The Kier molecular flexibility index (Phi) is 0.294. The molecule has 4 atom stereocenters. The molecule has 3 aliphatic rings. The second kappa shape index (κ2) is 0.611. The minimum atomic E-state index is 0.137. The molecule has 3 fully saturated rings. The summed E-state index contributed by atoms with van der Waals surface area (Å²) in [5.74, 6) is 0. The molecule has 0 aromatic carbocycles. The molecule has 0 aromatic heterocycles. The highest BCUT2D eigenvalue weighted by Crippen LogP contribution is 2.73. The lowest BCUT2D eigenvalue weighted by molar-refractivity contribution is 0.209. The minimum Gasteiger partial charge on any atom is -0.363 e. The molecule has 4 unspecified atom stereocenters. The Morgan fingerprint density at radius 2 is 1.62 bits per heavy atom. The number of ether oxygens (including phenoxy) is 2. The van der Waals surface area contributed by atoms with Crippen molar-refractivity contribution in [2.45, 2.75) is 37.3 Å². The van der Waals surface area contributed by atoms with Gasteiger partial charge in [0, 0.05) is 0 Å². The van der Waals surface area contributed by atoms with Crippen LogP contribution in [0, 0.1) is 0 Å². The largest absolute Gasteiger partial charge is 0.363 e. The predicted octanol–water partition coefficient (Wildman–Crippen LogP) is 0.315. The summed E-state index contributed by atoms with van der Waals surface area (Å²) in [5, 5.41) is 0. The number of fused-ring (bicyclic) bond motifs is 4. The highest BCUT2D eigenvalue weighted by Gasteiger charge is 2.92. The van der Waals surface area contributed by atoms with Crippen molar-refractivity contribution in [3.05, 3.63) is 0 Å². The molecule has 1 saturated carbocycles. The van der Waals surface area contributed by atoms with E-state index >= 15 is 0 Å². The second-order valence-electron chi connectivity index (χ2n) is 3.29. The van der Waals surface area contributed by atoms with Gasteiger partial charge in [0.2, 0.25) is 0 Å². The van der Waals surface area contributed by atoms with Gasteiger partial charge >= 0.3 is 0 Å². The SMILES string of the molecule is CC12OC1(C)C1OC12. The Balaban J connectivity index is 2.12. The molecule has 44 valence electrons. The summed E-state index contributed by atoms with van der Waals surface area (Å²) in [7, 11) is 0. The Labute approximate surface area is 47.8 Å². The first-order chi connectivity index (χ1) is 3.68. The smallest absolute Gasteiger partial charge is 0.126 e. The number of hydrogen-bond donors (Lipinski definition) is 0. The zero-order chi connectivity index (χ0) is 5.57. The molecule has 0 N–H and O–H groups in total. The molecular formula is C6H8O2. The van der Waals surface area contributed by atoms with Crippen molar-refractivity contribution in [1.82, 2.24) is 0 Å². The molecule has 0 spiro atoms. The average Bonchev–Trinajstić information content (AvgIpc) is 2.46. The van der Waals surface area contributed by atoms with Crippen LogP contribution in [0.5, 0.6) is 0 Å². The van der Waals surface area contributed by atoms with Gasteiger partial charge in [-0.15, -0.1) is 0 Å². The fourth-order valence-electron chi connectivity index (χ4n) is 1.95. The zero-order valence-corrected chi connectivity index (χ0v) is 4.97. The van der Waals surface area contributed by atoms with Gasteiger partial charge in [-0.05, 0) is 13.8 Å². The molecule has 0 radical (unpaired) electrons. The van der Waals surface area contributed by atoms with Crippen molar-refractivity contribution >= 4 is 0 Å². The van der Waals surface area contributed by atoms with Gasteiger partial charge in [-0.25, -0.2) is 0 Å². The molecule has 3 rings (SSSR count). The lowest BCUT2D eigenvalue weighted by Gasteiger charge is -2.14. The van der Waals surface area contributed by atoms with Gasteiger partial charge in [0.1, 0.15) is 23.4 Å². The Hall–Kier alpha value is -0.0800. The number of hydrogen-bond acceptors (Lipinski definition) is 2. The second-order valence-corrected chi connectivity index (χ2v) is 3.29. The molecule has 1 aliphatic carbocycles. The van der Waals surface area contributed by atoms with Crippen LogP contribution in [0.3, 0.4) is 0 Å². The first-order valence-corrected chi connectivity index (χ1v) is 3.04. The molecule has 0 amide bonds. The summed E-state index contributed by atoms with van der Waals surface area (Å²) in [4.78, 5) is 0. The van der Waals surface area contributed by atoms with E-state index in [9.17, 15) is 0 Å². The van der Waals surface area contributed by atoms with Crippen molar-refractivity contribution in [2.75, 3.05) is 0 Å². The van der Waals surface area contributed by atoms with E-state index < -0.39 is 0 Å². The van der Waals surface area contributed by atoms with E-state index in [2.05, 4.69) is 13.8 Å². The van der Waals surface area contributed by atoms with Crippen LogP contribution in [0.1, 0.15) is 13.8 Å². The molecule has 8 heavy (non-hydrogen) atoms. The first kappa shape index (κ1) is 3.85. The monoisotopic (exact) mass is 112 g/mol. The van der Waals surface area contributed by atoms with Crippen molar-refractivity contribution in [3.63, 3.8) is 0 Å². The van der Waals surface area contributed by atoms with E-state index in [0.29, 0.717) is 12.2 Å². The summed E-state index contributed by atoms with van der Waals surface area (Å²) >= 11 is 0. The normalized spacial score (nSPS) is 81.8. The fourth-order valence-corrected chi connectivity index (χ4v) is 1.95. The number of epoxide rings is 2. The lowest BCUT2D eigenvalue weighted by Crippen LogP contribution is -2.42. The third-order valence-electron chi connectivity index (χ3n) is 2.95. The number of rotatable bonds is 0. The minimum absolute atomic E-state index is 0.137. The van der Waals surface area contributed by atoms with E-state index in [0.717, 1.165) is 0 Å². The predicted molar refractivity (Wildman–Crippen MR) is 26.6 cm³/mol. The molecule has 0 aromatic rings. The van der Waals surface area contributed by atoms with Crippen molar-refractivity contribution in [3.8, 4) is 0 Å². The molecule has 2 aliphatic heterocycles. The summed E-state index contributed by atoms with van der Waals surface area (Å²) in [5.41, 5.74) is 0.273. The highest BCUT2D eigenvalue weighted by atomic mass is 16.8. The van der Waals surface area contributed by atoms with Gasteiger partial charge in [-0.3, -0.25) is 0 Å². The van der Waals surface area contributed by atoms with E-state index in [1.54, 1.807) is 0 Å². The van der Waals surface area contributed by atoms with Gasteiger partial charge < -0.3 is 9.47 Å². The third kappa shape index (κ3) is 0.150. The summed E-state index contributed by atoms with van der Waals surface area (Å²) in [6, 6.07) is 0. The molecule has 2 saturated heterocycles. The van der Waals surface area contributed by atoms with Gasteiger partial charge in [0.05, 0.1) is 0 Å². The Morgan fingerprint density at radius 1 is 1.12 bits per heavy atom. The van der Waals surface area contributed by atoms with Crippen LogP contribution < -0.4 is 0 Å². The summed E-state index contributed by atoms with van der Waals surface area (Å²) in [6.45, 7) is 4.25. The maximum Gasteiger partial charge on any atom is 0.126 e. The standard InChI is InChI=1S/C6H8O2/c1-5-3-4(7-3)6(5,2)8-5/h3-4H,1-2H3. The summed E-state index contributed by atoms with van der Waals surface area (Å²) in [6.07, 6.45) is 0.931. The van der Waals surface area contributed by atoms with Crippen LogP contribution in [0.2, 0.25) is 0 Å². The van der Waals surface area contributed by atoms with Crippen LogP contribution in [0.4, 0.5) is 0 Å². The first-order valence-electron chi connectivity index (χ1n) is 3.04. The van der Waals surface area contributed by atoms with Gasteiger partial charge in [0.25, 0.3) is 0 Å². The third-order valence-corrected chi connectivity index (χ3v) is 2.95. The van der Waals surface area contributed by atoms with Crippen LogP contribution in [-0.4, -0.2) is 23.4 Å². The Bertz CT molecular complexity index is 161.